The van der Waals surface area contributed by atoms with E-state index in [0.29, 0.717) is 17.0 Å². The Balaban J connectivity index is 1.85. The van der Waals surface area contributed by atoms with E-state index in [9.17, 15) is 18.5 Å². The Morgan fingerprint density at radius 3 is 2.19 bits per heavy atom. The molecule has 36 heavy (non-hydrogen) atoms. The molecule has 0 aliphatic carbocycles. The first-order valence-electron chi connectivity index (χ1n) is 11.4. The van der Waals surface area contributed by atoms with Gasteiger partial charge >= 0.3 is 0 Å². The number of nitrogens with zero attached hydrogens (tertiary/aromatic N) is 4. The molecule has 0 bridgehead atoms. The summed E-state index contributed by atoms with van der Waals surface area (Å²) in [6.07, 6.45) is 0.716. The van der Waals surface area contributed by atoms with E-state index in [1.807, 2.05) is 12.1 Å². The number of amides is 1. The van der Waals surface area contributed by atoms with Crippen LogP contribution in [0.5, 0.6) is 0 Å². The average Bonchev–Trinajstić information content (AvgIpc) is 3.15. The third-order valence-corrected chi connectivity index (χ3v) is 9.42. The van der Waals surface area contributed by atoms with E-state index < -0.39 is 15.9 Å². The summed E-state index contributed by atoms with van der Waals surface area (Å²) in [6, 6.07) is 11.6. The largest absolute Gasteiger partial charge is 0.333 e. The highest BCUT2D eigenvalue weighted by Crippen LogP contribution is 2.41. The molecule has 0 saturated carbocycles. The van der Waals surface area contributed by atoms with Crippen LogP contribution < -0.4 is 10.6 Å². The van der Waals surface area contributed by atoms with Crippen molar-refractivity contribution < 1.29 is 18.5 Å². The van der Waals surface area contributed by atoms with Crippen LogP contribution in [0.4, 0.5) is 5.00 Å². The molecule has 11 heteroatoms. The number of nitrogens with two attached hydrogens (primary N) is 1. The van der Waals surface area contributed by atoms with Crippen LogP contribution in [0.3, 0.4) is 0 Å². The van der Waals surface area contributed by atoms with Crippen LogP contribution in [-0.4, -0.2) is 37.3 Å². The number of benzene rings is 1. The molecule has 0 atom stereocenters. The summed E-state index contributed by atoms with van der Waals surface area (Å²) in [5.41, 5.74) is 1.36. The number of carbonyl (C=O) groups excluding carboxylic acids is 1. The van der Waals surface area contributed by atoms with Crippen LogP contribution in [0.1, 0.15) is 66.9 Å². The van der Waals surface area contributed by atoms with Crippen molar-refractivity contribution in [3.8, 4) is 18.2 Å². The predicted octanol–water partition coefficient (Wildman–Crippen LogP) is 2.82. The van der Waals surface area contributed by atoms with E-state index >= 15 is 0 Å². The number of rotatable bonds is 8. The molecule has 1 aliphatic rings. The zero-order valence-corrected chi connectivity index (χ0v) is 22.4. The monoisotopic (exact) mass is 525 g/mol. The molecule has 188 valence electrons. The number of sulfonamides is 1. The third kappa shape index (κ3) is 5.59. The van der Waals surface area contributed by atoms with Gasteiger partial charge < -0.3 is 10.6 Å². The van der Waals surface area contributed by atoms with Crippen molar-refractivity contribution in [3.63, 3.8) is 0 Å². The highest BCUT2D eigenvalue weighted by molar-refractivity contribution is 7.89. The van der Waals surface area contributed by atoms with Crippen molar-refractivity contribution in [1.82, 2.24) is 4.31 Å². The van der Waals surface area contributed by atoms with E-state index in [0.717, 1.165) is 14.7 Å². The van der Waals surface area contributed by atoms with E-state index in [1.54, 1.807) is 0 Å². The third-order valence-electron chi connectivity index (χ3n) is 6.02. The maximum Gasteiger partial charge on any atom is 0.256 e. The van der Waals surface area contributed by atoms with Gasteiger partial charge in [-0.2, -0.15) is 20.1 Å². The van der Waals surface area contributed by atoms with Crippen LogP contribution in [-0.2, 0) is 22.0 Å². The molecule has 2 heterocycles. The molecule has 3 N–H and O–H groups in total. The predicted molar refractivity (Wildman–Crippen MR) is 135 cm³/mol. The molecule has 2 aromatic rings. The van der Waals surface area contributed by atoms with Gasteiger partial charge in [-0.15, -0.1) is 11.3 Å². The van der Waals surface area contributed by atoms with Crippen molar-refractivity contribution in [3.05, 3.63) is 45.8 Å². The molecule has 0 fully saturated rings. The van der Waals surface area contributed by atoms with Crippen molar-refractivity contribution in [1.29, 1.82) is 15.8 Å². The molecule has 3 rings (SSSR count). The number of thiophene rings is 1. The summed E-state index contributed by atoms with van der Waals surface area (Å²) in [4.78, 5) is 14.0. The smallest absolute Gasteiger partial charge is 0.256 e. The number of hydrogen-bond acceptors (Lipinski definition) is 7. The zero-order chi connectivity index (χ0) is 26.7. The maximum absolute atomic E-state index is 13.0. The fourth-order valence-corrected chi connectivity index (χ4v) is 7.39. The Morgan fingerprint density at radius 2 is 1.67 bits per heavy atom. The van der Waals surface area contributed by atoms with Gasteiger partial charge in [0, 0.05) is 37.9 Å². The summed E-state index contributed by atoms with van der Waals surface area (Å²) in [6.45, 7) is 8.43. The van der Waals surface area contributed by atoms with Crippen molar-refractivity contribution >= 4 is 32.3 Å². The molecule has 1 amide bonds. The number of nitrogens with one attached hydrogen (secondary N) is 1. The molecule has 0 saturated heterocycles. The highest BCUT2D eigenvalue weighted by atomic mass is 32.2. The summed E-state index contributed by atoms with van der Waals surface area (Å²) < 4.78 is 27.1. The van der Waals surface area contributed by atoms with Crippen LogP contribution in [0, 0.1) is 34.0 Å². The van der Waals surface area contributed by atoms with Gasteiger partial charge in [-0.1, -0.05) is 0 Å². The number of carbonyl (C=O) groups is 1. The molecule has 0 spiro atoms. The lowest BCUT2D eigenvalue weighted by Crippen LogP contribution is -3.03. The van der Waals surface area contributed by atoms with Crippen LogP contribution >= 0.6 is 11.3 Å². The second kappa shape index (κ2) is 10.4. The van der Waals surface area contributed by atoms with Crippen molar-refractivity contribution in [2.75, 3.05) is 18.4 Å². The quantitative estimate of drug-likeness (QED) is 0.540. The van der Waals surface area contributed by atoms with Gasteiger partial charge in [0.15, 0.2) is 0 Å². The second-order valence-electron chi connectivity index (χ2n) is 9.96. The minimum absolute atomic E-state index is 0.00289. The Morgan fingerprint density at radius 1 is 1.08 bits per heavy atom. The fourth-order valence-electron chi connectivity index (χ4n) is 4.71. The first-order chi connectivity index (χ1) is 16.9. The van der Waals surface area contributed by atoms with Gasteiger partial charge in [-0.25, -0.2) is 8.42 Å². The van der Waals surface area contributed by atoms with Gasteiger partial charge in [0.2, 0.25) is 10.0 Å². The van der Waals surface area contributed by atoms with Gasteiger partial charge in [-0.3, -0.25) is 4.79 Å². The van der Waals surface area contributed by atoms with Gasteiger partial charge in [0.25, 0.3) is 5.91 Å². The average molecular weight is 526 g/mol. The maximum atomic E-state index is 13.0. The van der Waals surface area contributed by atoms with E-state index in [2.05, 4.69) is 44.4 Å². The molecule has 1 aromatic heterocycles. The van der Waals surface area contributed by atoms with E-state index in [-0.39, 0.29) is 47.5 Å². The van der Waals surface area contributed by atoms with Gasteiger partial charge in [0.05, 0.1) is 33.0 Å². The standard InChI is InChI=1S/C25H28N6O3S2/c1-24(2)15-19-20(16-28)23(35-21(19)25(3,4)30-24)29-22(32)17-7-9-18(10-8-17)36(33,34)31(13-5-11-26)14-6-12-27/h7-10,30H,5-6,13-15H2,1-4H3,(H,29,32)/p+1. The summed E-state index contributed by atoms with van der Waals surface area (Å²) in [5, 5.41) is 33.2. The van der Waals surface area contributed by atoms with Crippen LogP contribution in [0.15, 0.2) is 29.2 Å². The minimum atomic E-state index is -3.93. The number of anilines is 1. The van der Waals surface area contributed by atoms with Crippen LogP contribution in [0.25, 0.3) is 0 Å². The molecular weight excluding hydrogens is 496 g/mol. The van der Waals surface area contributed by atoms with Gasteiger partial charge in [-0.05, 0) is 57.5 Å². The molecule has 1 aliphatic heterocycles. The molecule has 1 aromatic carbocycles. The zero-order valence-electron chi connectivity index (χ0n) is 20.8. The summed E-state index contributed by atoms with van der Waals surface area (Å²) in [5.74, 6) is -0.444. The summed E-state index contributed by atoms with van der Waals surface area (Å²) in [7, 11) is -3.93. The lowest BCUT2D eigenvalue weighted by Gasteiger charge is -2.38. The number of quaternary nitrogens is 1. The normalized spacial score (nSPS) is 15.8. The first kappa shape index (κ1) is 27.3. The lowest BCUT2D eigenvalue weighted by atomic mass is 9.81. The Kier molecular flexibility index (Phi) is 7.88. The molecular formula is C25H29N6O3S2+. The molecule has 0 radical (unpaired) electrons. The van der Waals surface area contributed by atoms with Gasteiger partial charge in [0.1, 0.15) is 16.6 Å². The second-order valence-corrected chi connectivity index (χ2v) is 12.9. The van der Waals surface area contributed by atoms with E-state index in [4.69, 9.17) is 10.5 Å². The Bertz CT molecular complexity index is 1370. The highest BCUT2D eigenvalue weighted by Gasteiger charge is 2.44. The van der Waals surface area contributed by atoms with E-state index in [1.165, 1.54) is 35.6 Å². The fraction of sp³-hybridized carbons (Fsp3) is 0.440. The van der Waals surface area contributed by atoms with Crippen LogP contribution in [0.2, 0.25) is 0 Å². The first-order valence-corrected chi connectivity index (χ1v) is 13.7. The molecule has 9 nitrogen and oxygen atoms in total. The SMILES string of the molecule is CC1(C)Cc2c(sc(NC(=O)c3ccc(S(=O)(=O)N(CCC#N)CCC#N)cc3)c2C#N)C(C)(C)[NH2+]1. The van der Waals surface area contributed by atoms with Crippen molar-refractivity contribution in [2.45, 2.75) is 62.9 Å². The van der Waals surface area contributed by atoms with Crippen molar-refractivity contribution in [2.24, 2.45) is 0 Å². The minimum Gasteiger partial charge on any atom is -0.333 e. The number of nitriles is 3. The molecule has 0 unspecified atom stereocenters. The Labute approximate surface area is 216 Å². The number of hydrogen-bond donors (Lipinski definition) is 2. The lowest BCUT2D eigenvalue weighted by molar-refractivity contribution is -0.789. The topological polar surface area (TPSA) is 154 Å². The number of fused-ring (bicyclic) bond motifs is 1. The Hall–Kier alpha value is -3.27. The summed E-state index contributed by atoms with van der Waals surface area (Å²) >= 11 is 1.40.